The lowest BCUT2D eigenvalue weighted by atomic mass is 9.85. The number of rotatable bonds is 0. The highest BCUT2D eigenvalue weighted by molar-refractivity contribution is 6.31. The molecule has 25 heavy (non-hydrogen) atoms. The fourth-order valence-corrected chi connectivity index (χ4v) is 4.78. The van der Waals surface area contributed by atoms with Gasteiger partial charge in [-0.25, -0.2) is 0 Å². The van der Waals surface area contributed by atoms with Crippen LogP contribution in [-0.2, 0) is 19.4 Å². The van der Waals surface area contributed by atoms with Crippen molar-refractivity contribution in [2.24, 2.45) is 0 Å². The number of ether oxygens (including phenoxy) is 2. The molecule has 0 saturated heterocycles. The second-order valence-corrected chi connectivity index (χ2v) is 7.55. The lowest BCUT2D eigenvalue weighted by molar-refractivity contribution is 0.159. The van der Waals surface area contributed by atoms with Crippen LogP contribution in [0.1, 0.15) is 28.4 Å². The number of H-pyrrole nitrogens is 1. The number of fused-ring (bicyclic) bond motifs is 7. The number of benzene rings is 2. The van der Waals surface area contributed by atoms with E-state index in [1.165, 1.54) is 33.3 Å². The molecule has 0 fully saturated rings. The minimum absolute atomic E-state index is 0.331. The van der Waals surface area contributed by atoms with Crippen molar-refractivity contribution in [1.82, 2.24) is 9.88 Å². The van der Waals surface area contributed by atoms with Crippen molar-refractivity contribution in [3.8, 4) is 11.5 Å². The van der Waals surface area contributed by atoms with E-state index in [1.54, 1.807) is 0 Å². The standard InChI is InChI=1S/C20H17ClN2O2/c21-12-1-2-16-14(6-12)15-7-18-13-8-20-19(24-10-25-20)5-11(13)3-4-23(18)9-17(15)22-16/h1-2,5-6,8,18,22H,3-4,7,9-10H2/t18-/m0/s1. The van der Waals surface area contributed by atoms with Crippen LogP contribution in [0.5, 0.6) is 11.5 Å². The van der Waals surface area contributed by atoms with Gasteiger partial charge in [-0.15, -0.1) is 0 Å². The summed E-state index contributed by atoms with van der Waals surface area (Å²) in [6, 6.07) is 10.9. The molecule has 0 saturated carbocycles. The molecule has 4 nitrogen and oxygen atoms in total. The highest BCUT2D eigenvalue weighted by Crippen LogP contribution is 2.45. The molecule has 0 spiro atoms. The summed E-state index contributed by atoms with van der Waals surface area (Å²) < 4.78 is 11.2. The first-order valence-corrected chi connectivity index (χ1v) is 9.09. The Balaban J connectivity index is 1.49. The van der Waals surface area contributed by atoms with Gasteiger partial charge in [0.15, 0.2) is 11.5 Å². The zero-order chi connectivity index (χ0) is 16.5. The minimum Gasteiger partial charge on any atom is -0.454 e. The number of halogens is 1. The van der Waals surface area contributed by atoms with Crippen LogP contribution in [0.2, 0.25) is 5.02 Å². The van der Waals surface area contributed by atoms with Crippen LogP contribution in [0, 0.1) is 0 Å². The molecule has 6 rings (SSSR count). The van der Waals surface area contributed by atoms with Gasteiger partial charge in [0.25, 0.3) is 0 Å². The zero-order valence-corrected chi connectivity index (χ0v) is 14.4. The Morgan fingerprint density at radius 3 is 2.92 bits per heavy atom. The monoisotopic (exact) mass is 352 g/mol. The van der Waals surface area contributed by atoms with Crippen molar-refractivity contribution in [2.45, 2.75) is 25.4 Å². The fraction of sp³-hybridized carbons (Fsp3) is 0.300. The molecule has 1 aromatic heterocycles. The van der Waals surface area contributed by atoms with Crippen molar-refractivity contribution in [3.05, 3.63) is 57.7 Å². The number of nitrogens with one attached hydrogen (secondary N) is 1. The van der Waals surface area contributed by atoms with Gasteiger partial charge < -0.3 is 14.5 Å². The first-order chi connectivity index (χ1) is 12.3. The molecule has 5 heteroatoms. The third-order valence-electron chi connectivity index (χ3n) is 5.82. The van der Waals surface area contributed by atoms with Gasteiger partial charge >= 0.3 is 0 Å². The Hall–Kier alpha value is -2.17. The maximum Gasteiger partial charge on any atom is 0.231 e. The molecule has 1 N–H and O–H groups in total. The molecule has 1 atom stereocenters. The summed E-state index contributed by atoms with van der Waals surface area (Å²) in [6.07, 6.45) is 2.06. The first-order valence-electron chi connectivity index (χ1n) is 8.72. The van der Waals surface area contributed by atoms with Crippen molar-refractivity contribution in [1.29, 1.82) is 0 Å². The van der Waals surface area contributed by atoms with Gasteiger partial charge in [0.2, 0.25) is 6.79 Å². The third kappa shape index (κ3) is 1.98. The van der Waals surface area contributed by atoms with Crippen LogP contribution in [0.25, 0.3) is 10.9 Å². The van der Waals surface area contributed by atoms with Crippen molar-refractivity contribution in [3.63, 3.8) is 0 Å². The summed E-state index contributed by atoms with van der Waals surface area (Å²) >= 11 is 6.25. The van der Waals surface area contributed by atoms with E-state index in [0.29, 0.717) is 12.8 Å². The topological polar surface area (TPSA) is 37.5 Å². The predicted octanol–water partition coefficient (Wildman–Crippen LogP) is 4.21. The molecule has 0 amide bonds. The third-order valence-corrected chi connectivity index (χ3v) is 6.05. The molecule has 3 aliphatic rings. The van der Waals surface area contributed by atoms with E-state index < -0.39 is 0 Å². The summed E-state index contributed by atoms with van der Waals surface area (Å²) in [4.78, 5) is 6.17. The van der Waals surface area contributed by atoms with Crippen molar-refractivity contribution < 1.29 is 9.47 Å². The van der Waals surface area contributed by atoms with Crippen LogP contribution < -0.4 is 9.47 Å². The second kappa shape index (κ2) is 4.93. The maximum absolute atomic E-state index is 6.25. The van der Waals surface area contributed by atoms with Gasteiger partial charge in [-0.05, 0) is 59.9 Å². The minimum atomic E-state index is 0.331. The Kier molecular flexibility index (Phi) is 2.77. The summed E-state index contributed by atoms with van der Waals surface area (Å²) in [7, 11) is 0. The Morgan fingerprint density at radius 2 is 2.00 bits per heavy atom. The molecule has 0 radical (unpaired) electrons. The first kappa shape index (κ1) is 14.0. The van der Waals surface area contributed by atoms with Gasteiger partial charge in [-0.3, -0.25) is 4.90 Å². The predicted molar refractivity (Wildman–Crippen MR) is 96.4 cm³/mol. The largest absolute Gasteiger partial charge is 0.454 e. The van der Waals surface area contributed by atoms with Gasteiger partial charge in [0.05, 0.1) is 0 Å². The molecule has 2 aromatic carbocycles. The smallest absolute Gasteiger partial charge is 0.231 e. The van der Waals surface area contributed by atoms with E-state index in [0.717, 1.165) is 42.5 Å². The molecule has 3 aromatic rings. The van der Waals surface area contributed by atoms with Gasteiger partial charge in [-0.2, -0.15) is 0 Å². The SMILES string of the molecule is Clc1ccc2[nH]c3c(c2c1)C[C@H]1c2cc4c(cc2CCN1C3)OCO4. The number of hydrogen-bond acceptors (Lipinski definition) is 3. The molecule has 0 unspecified atom stereocenters. The highest BCUT2D eigenvalue weighted by Gasteiger charge is 2.35. The molecule has 0 bridgehead atoms. The lowest BCUT2D eigenvalue weighted by Gasteiger charge is -2.40. The summed E-state index contributed by atoms with van der Waals surface area (Å²) in [5.74, 6) is 1.77. The number of aromatic amines is 1. The van der Waals surface area contributed by atoms with E-state index in [2.05, 4.69) is 34.1 Å². The summed E-state index contributed by atoms with van der Waals surface area (Å²) in [5.41, 5.74) is 6.70. The van der Waals surface area contributed by atoms with Gasteiger partial charge in [-0.1, -0.05) is 11.6 Å². The maximum atomic E-state index is 6.25. The average molecular weight is 353 g/mol. The molecule has 4 heterocycles. The normalized spacial score (nSPS) is 21.1. The quantitative estimate of drug-likeness (QED) is 0.658. The van der Waals surface area contributed by atoms with Crippen LogP contribution in [0.4, 0.5) is 0 Å². The van der Waals surface area contributed by atoms with E-state index in [-0.39, 0.29) is 0 Å². The second-order valence-electron chi connectivity index (χ2n) is 7.12. The molecule has 0 aliphatic carbocycles. The molecular weight excluding hydrogens is 336 g/mol. The van der Waals surface area contributed by atoms with E-state index in [1.807, 2.05) is 6.07 Å². The molecule has 3 aliphatic heterocycles. The highest BCUT2D eigenvalue weighted by atomic mass is 35.5. The van der Waals surface area contributed by atoms with Gasteiger partial charge in [0.1, 0.15) is 0 Å². The molecular formula is C20H17ClN2O2. The lowest BCUT2D eigenvalue weighted by Crippen LogP contribution is -2.39. The average Bonchev–Trinajstić information content (AvgIpc) is 3.21. The number of nitrogens with zero attached hydrogens (tertiary/aromatic N) is 1. The zero-order valence-electron chi connectivity index (χ0n) is 13.6. The van der Waals surface area contributed by atoms with E-state index in [4.69, 9.17) is 21.1 Å². The number of hydrogen-bond donors (Lipinski definition) is 1. The van der Waals surface area contributed by atoms with E-state index >= 15 is 0 Å². The van der Waals surface area contributed by atoms with Gasteiger partial charge in [0, 0.05) is 40.8 Å². The van der Waals surface area contributed by atoms with Crippen LogP contribution in [0.3, 0.4) is 0 Å². The fourth-order valence-electron chi connectivity index (χ4n) is 4.61. The number of aromatic nitrogens is 1. The van der Waals surface area contributed by atoms with Crippen LogP contribution in [0.15, 0.2) is 30.3 Å². The Bertz CT molecular complexity index is 1030. The van der Waals surface area contributed by atoms with Crippen LogP contribution >= 0.6 is 11.6 Å². The molecule has 126 valence electrons. The van der Waals surface area contributed by atoms with Crippen molar-refractivity contribution >= 4 is 22.5 Å². The summed E-state index contributed by atoms with van der Waals surface area (Å²) in [5, 5.41) is 2.05. The van der Waals surface area contributed by atoms with Crippen molar-refractivity contribution in [2.75, 3.05) is 13.3 Å². The summed E-state index contributed by atoms with van der Waals surface area (Å²) in [6.45, 7) is 2.37. The Labute approximate surface area is 150 Å². The van der Waals surface area contributed by atoms with Crippen LogP contribution in [-0.4, -0.2) is 23.2 Å². The Morgan fingerprint density at radius 1 is 1.12 bits per heavy atom. The van der Waals surface area contributed by atoms with E-state index in [9.17, 15) is 0 Å².